The van der Waals surface area contributed by atoms with Crippen LogP contribution >= 0.6 is 0 Å². The Morgan fingerprint density at radius 1 is 1.07 bits per heavy atom. The van der Waals surface area contributed by atoms with E-state index in [1.54, 1.807) is 36.4 Å². The van der Waals surface area contributed by atoms with Gasteiger partial charge in [-0.3, -0.25) is 9.52 Å². The molecule has 0 spiro atoms. The van der Waals surface area contributed by atoms with Gasteiger partial charge in [-0.2, -0.15) is 0 Å². The number of sulfonamides is 1. The molecule has 7 heteroatoms. The normalized spacial score (nSPS) is 17.0. The molecule has 0 saturated carbocycles. The molecule has 156 valence electrons. The maximum atomic E-state index is 12.9. The lowest BCUT2D eigenvalue weighted by Gasteiger charge is -2.35. The zero-order chi connectivity index (χ0) is 20.9. The van der Waals surface area contributed by atoms with Crippen LogP contribution in [0.1, 0.15) is 49.9 Å². The predicted octanol–water partition coefficient (Wildman–Crippen LogP) is 4.29. The van der Waals surface area contributed by atoms with Gasteiger partial charge in [0.05, 0.1) is 11.5 Å². The molecule has 1 aliphatic heterocycles. The van der Waals surface area contributed by atoms with Crippen LogP contribution in [-0.2, 0) is 10.0 Å². The largest absolute Gasteiger partial charge is 0.494 e. The van der Waals surface area contributed by atoms with Crippen LogP contribution in [0.25, 0.3) is 0 Å². The summed E-state index contributed by atoms with van der Waals surface area (Å²) in [5, 5.41) is 0. The molecule has 0 aromatic heterocycles. The maximum Gasteiger partial charge on any atom is 0.261 e. The second-order valence-electron chi connectivity index (χ2n) is 7.14. The van der Waals surface area contributed by atoms with E-state index in [-0.39, 0.29) is 16.8 Å². The van der Waals surface area contributed by atoms with Crippen molar-refractivity contribution in [2.75, 3.05) is 17.9 Å². The van der Waals surface area contributed by atoms with Gasteiger partial charge in [-0.05, 0) is 81.1 Å². The molecular weight excluding hydrogens is 388 g/mol. The number of rotatable bonds is 7. The van der Waals surface area contributed by atoms with Crippen molar-refractivity contribution in [1.82, 2.24) is 4.90 Å². The van der Waals surface area contributed by atoms with Crippen molar-refractivity contribution in [1.29, 1.82) is 0 Å². The number of carbonyl (C=O) groups excluding carboxylic acids is 1. The van der Waals surface area contributed by atoms with E-state index in [0.717, 1.165) is 32.2 Å². The Kier molecular flexibility index (Phi) is 6.79. The van der Waals surface area contributed by atoms with E-state index in [4.69, 9.17) is 4.74 Å². The van der Waals surface area contributed by atoms with Gasteiger partial charge in [-0.1, -0.05) is 6.92 Å². The summed E-state index contributed by atoms with van der Waals surface area (Å²) in [7, 11) is -3.74. The summed E-state index contributed by atoms with van der Waals surface area (Å²) in [5.41, 5.74) is 0.970. The number of ether oxygens (including phenoxy) is 1. The van der Waals surface area contributed by atoms with E-state index in [0.29, 0.717) is 23.6 Å². The Balaban J connectivity index is 1.72. The molecule has 6 nitrogen and oxygen atoms in total. The highest BCUT2D eigenvalue weighted by molar-refractivity contribution is 7.92. The molecule has 1 amide bonds. The zero-order valence-electron chi connectivity index (χ0n) is 16.9. The van der Waals surface area contributed by atoms with Crippen LogP contribution < -0.4 is 9.46 Å². The van der Waals surface area contributed by atoms with E-state index < -0.39 is 10.0 Å². The highest BCUT2D eigenvalue weighted by Gasteiger charge is 2.26. The van der Waals surface area contributed by atoms with Crippen molar-refractivity contribution >= 4 is 21.6 Å². The number of benzene rings is 2. The molecule has 29 heavy (non-hydrogen) atoms. The third-order valence-electron chi connectivity index (χ3n) is 5.19. The molecule has 0 bridgehead atoms. The van der Waals surface area contributed by atoms with Gasteiger partial charge in [0.15, 0.2) is 0 Å². The average molecular weight is 417 g/mol. The highest BCUT2D eigenvalue weighted by Crippen LogP contribution is 2.23. The molecule has 1 aliphatic rings. The molecular formula is C22H28N2O4S. The zero-order valence-corrected chi connectivity index (χ0v) is 17.7. The van der Waals surface area contributed by atoms with Gasteiger partial charge in [0.1, 0.15) is 5.75 Å². The van der Waals surface area contributed by atoms with Crippen molar-refractivity contribution in [3.8, 4) is 5.75 Å². The van der Waals surface area contributed by atoms with Crippen molar-refractivity contribution in [3.63, 3.8) is 0 Å². The molecule has 1 fully saturated rings. The van der Waals surface area contributed by atoms with Gasteiger partial charge in [0.25, 0.3) is 15.9 Å². The Morgan fingerprint density at radius 2 is 1.76 bits per heavy atom. The van der Waals surface area contributed by atoms with Gasteiger partial charge in [-0.15, -0.1) is 0 Å². The Morgan fingerprint density at radius 3 is 2.38 bits per heavy atom. The molecule has 1 heterocycles. The molecule has 1 saturated heterocycles. The third-order valence-corrected chi connectivity index (χ3v) is 6.59. The number of anilines is 1. The lowest BCUT2D eigenvalue weighted by Crippen LogP contribution is -2.43. The second kappa shape index (κ2) is 9.31. The SMILES string of the molecule is CCOc1ccc(NS(=O)(=O)c2ccc(C(=O)N3CCCCC3CC)cc2)cc1. The summed E-state index contributed by atoms with van der Waals surface area (Å²) in [6, 6.07) is 13.2. The Bertz CT molecular complexity index is 924. The molecule has 1 atom stereocenters. The Labute approximate surface area is 172 Å². The summed E-state index contributed by atoms with van der Waals surface area (Å²) >= 11 is 0. The molecule has 2 aromatic rings. The molecule has 3 rings (SSSR count). The van der Waals surface area contributed by atoms with Gasteiger partial charge >= 0.3 is 0 Å². The fourth-order valence-corrected chi connectivity index (χ4v) is 4.69. The van der Waals surface area contributed by atoms with Crippen molar-refractivity contribution in [2.24, 2.45) is 0 Å². The van der Waals surface area contributed by atoms with Crippen molar-refractivity contribution in [3.05, 3.63) is 54.1 Å². The number of hydrogen-bond acceptors (Lipinski definition) is 4. The van der Waals surface area contributed by atoms with Crippen LogP contribution in [0.2, 0.25) is 0 Å². The lowest BCUT2D eigenvalue weighted by molar-refractivity contribution is 0.0608. The summed E-state index contributed by atoms with van der Waals surface area (Å²) in [5.74, 6) is 0.654. The molecule has 1 N–H and O–H groups in total. The predicted molar refractivity (Wildman–Crippen MR) is 114 cm³/mol. The quantitative estimate of drug-likeness (QED) is 0.730. The fourth-order valence-electron chi connectivity index (χ4n) is 3.63. The van der Waals surface area contributed by atoms with Crippen LogP contribution in [-0.4, -0.2) is 38.4 Å². The summed E-state index contributed by atoms with van der Waals surface area (Å²) in [6.45, 7) is 5.29. The minimum Gasteiger partial charge on any atom is -0.494 e. The standard InChI is InChI=1S/C22H28N2O4S/c1-3-19-7-5-6-16-24(19)22(25)17-8-14-21(15-9-17)29(26,27)23-18-10-12-20(13-11-18)28-4-2/h8-15,19,23H,3-7,16H2,1-2H3. The average Bonchev–Trinajstić information content (AvgIpc) is 2.74. The first-order chi connectivity index (χ1) is 13.9. The second-order valence-corrected chi connectivity index (χ2v) is 8.83. The lowest BCUT2D eigenvalue weighted by atomic mass is 9.99. The maximum absolute atomic E-state index is 12.9. The number of nitrogens with one attached hydrogen (secondary N) is 1. The van der Waals surface area contributed by atoms with Crippen LogP contribution in [0, 0.1) is 0 Å². The third kappa shape index (κ3) is 5.09. The van der Waals surface area contributed by atoms with E-state index >= 15 is 0 Å². The minimum atomic E-state index is -3.74. The van der Waals surface area contributed by atoms with Crippen LogP contribution in [0.15, 0.2) is 53.4 Å². The topological polar surface area (TPSA) is 75.7 Å². The van der Waals surface area contributed by atoms with Gasteiger partial charge < -0.3 is 9.64 Å². The number of likely N-dealkylation sites (tertiary alicyclic amines) is 1. The highest BCUT2D eigenvalue weighted by atomic mass is 32.2. The summed E-state index contributed by atoms with van der Waals surface area (Å²) < 4.78 is 33.2. The number of hydrogen-bond donors (Lipinski definition) is 1. The van der Waals surface area contributed by atoms with E-state index in [9.17, 15) is 13.2 Å². The van der Waals surface area contributed by atoms with Gasteiger partial charge in [0, 0.05) is 23.8 Å². The van der Waals surface area contributed by atoms with Crippen LogP contribution in [0.4, 0.5) is 5.69 Å². The van der Waals surface area contributed by atoms with Gasteiger partial charge in [-0.25, -0.2) is 8.42 Å². The smallest absolute Gasteiger partial charge is 0.261 e. The first-order valence-electron chi connectivity index (χ1n) is 10.1. The number of piperidine rings is 1. The summed E-state index contributed by atoms with van der Waals surface area (Å²) in [6.07, 6.45) is 4.13. The monoisotopic (exact) mass is 416 g/mol. The van der Waals surface area contributed by atoms with Crippen LogP contribution in [0.3, 0.4) is 0 Å². The molecule has 2 aromatic carbocycles. The van der Waals surface area contributed by atoms with E-state index in [1.807, 2.05) is 11.8 Å². The number of amides is 1. The number of carbonyl (C=O) groups is 1. The van der Waals surface area contributed by atoms with Gasteiger partial charge in [0.2, 0.25) is 0 Å². The minimum absolute atomic E-state index is 0.0278. The first kappa shape index (κ1) is 21.2. The molecule has 1 unspecified atom stereocenters. The summed E-state index contributed by atoms with van der Waals surface area (Å²) in [4.78, 5) is 14.9. The Hall–Kier alpha value is -2.54. The van der Waals surface area contributed by atoms with Crippen molar-refractivity contribution in [2.45, 2.75) is 50.5 Å². The first-order valence-corrected chi connectivity index (χ1v) is 11.6. The van der Waals surface area contributed by atoms with Crippen molar-refractivity contribution < 1.29 is 17.9 Å². The van der Waals surface area contributed by atoms with Crippen LogP contribution in [0.5, 0.6) is 5.75 Å². The fraction of sp³-hybridized carbons (Fsp3) is 0.409. The molecule has 0 radical (unpaired) electrons. The van der Waals surface area contributed by atoms with E-state index in [1.165, 1.54) is 12.1 Å². The number of nitrogens with zero attached hydrogens (tertiary/aromatic N) is 1. The molecule has 0 aliphatic carbocycles. The van der Waals surface area contributed by atoms with E-state index in [2.05, 4.69) is 11.6 Å².